The number of rotatable bonds is 5. The first-order chi connectivity index (χ1) is 14.4. The number of hydrogen-bond acceptors (Lipinski definition) is 6. The Morgan fingerprint density at radius 3 is 2.43 bits per heavy atom. The molecule has 0 saturated carbocycles. The number of nitrogens with zero attached hydrogens (tertiary/aromatic N) is 1. The van der Waals surface area contributed by atoms with Gasteiger partial charge in [-0.1, -0.05) is 0 Å². The van der Waals surface area contributed by atoms with E-state index in [1.807, 2.05) is 13.0 Å². The second-order valence-electron chi connectivity index (χ2n) is 6.66. The van der Waals surface area contributed by atoms with Gasteiger partial charge in [0.05, 0.1) is 4.90 Å². The number of sulfonamides is 1. The number of ether oxygens (including phenoxy) is 2. The molecule has 1 amide bonds. The monoisotopic (exact) mass is 425 g/mol. The first-order valence-electron chi connectivity index (χ1n) is 9.17. The first-order valence-corrected chi connectivity index (χ1v) is 10.7. The van der Waals surface area contributed by atoms with Gasteiger partial charge in [0.25, 0.3) is 15.9 Å². The van der Waals surface area contributed by atoms with E-state index in [2.05, 4.69) is 15.0 Å². The molecule has 2 N–H and O–H groups in total. The molecule has 0 saturated heterocycles. The van der Waals surface area contributed by atoms with Gasteiger partial charge >= 0.3 is 0 Å². The topological polar surface area (TPSA) is 107 Å². The lowest BCUT2D eigenvalue weighted by atomic mass is 10.2. The molecule has 30 heavy (non-hydrogen) atoms. The molecule has 1 aliphatic heterocycles. The lowest BCUT2D eigenvalue weighted by Crippen LogP contribution is -2.17. The third-order valence-electron chi connectivity index (χ3n) is 4.38. The maximum absolute atomic E-state index is 12.7. The summed E-state index contributed by atoms with van der Waals surface area (Å²) in [5.74, 6) is 1.01. The van der Waals surface area contributed by atoms with Crippen LogP contribution in [0.2, 0.25) is 0 Å². The molecular weight excluding hydrogens is 406 g/mol. The fraction of sp³-hybridized carbons (Fsp3) is 0.143. The van der Waals surface area contributed by atoms with Gasteiger partial charge in [-0.25, -0.2) is 13.4 Å². The first kappa shape index (κ1) is 19.7. The van der Waals surface area contributed by atoms with Crippen molar-refractivity contribution in [1.82, 2.24) is 4.98 Å². The summed E-state index contributed by atoms with van der Waals surface area (Å²) < 4.78 is 38.7. The fourth-order valence-corrected chi connectivity index (χ4v) is 3.96. The smallest absolute Gasteiger partial charge is 0.262 e. The van der Waals surface area contributed by atoms with Crippen LogP contribution in [0.5, 0.6) is 11.5 Å². The molecule has 3 aromatic rings. The van der Waals surface area contributed by atoms with Crippen LogP contribution in [0.3, 0.4) is 0 Å². The van der Waals surface area contributed by atoms with Crippen LogP contribution in [-0.2, 0) is 10.0 Å². The Morgan fingerprint density at radius 2 is 1.70 bits per heavy atom. The summed E-state index contributed by atoms with van der Waals surface area (Å²) in [5.41, 5.74) is 1.68. The summed E-state index contributed by atoms with van der Waals surface area (Å²) in [7, 11) is -3.83. The molecule has 0 radical (unpaired) electrons. The molecule has 154 valence electrons. The van der Waals surface area contributed by atoms with E-state index in [1.165, 1.54) is 36.4 Å². The standard InChI is InChI=1S/C21H19N3O5S/c1-14-8-9-22-20(12-14)23-21(25)15-2-4-16(5-3-15)24-30(26,27)17-6-7-18-19(13-17)29-11-10-28-18/h2-9,12-13,24H,10-11H2,1H3,(H,22,23,25). The normalized spacial score (nSPS) is 12.8. The third kappa shape index (κ3) is 4.36. The fourth-order valence-electron chi connectivity index (χ4n) is 2.89. The highest BCUT2D eigenvalue weighted by molar-refractivity contribution is 7.92. The molecule has 9 heteroatoms. The van der Waals surface area contributed by atoms with E-state index in [-0.39, 0.29) is 10.8 Å². The number of aromatic nitrogens is 1. The second-order valence-corrected chi connectivity index (χ2v) is 8.34. The molecule has 0 atom stereocenters. The van der Waals surface area contributed by atoms with Crippen molar-refractivity contribution in [3.8, 4) is 11.5 Å². The summed E-state index contributed by atoms with van der Waals surface area (Å²) in [5, 5.41) is 2.71. The highest BCUT2D eigenvalue weighted by Crippen LogP contribution is 2.32. The Morgan fingerprint density at radius 1 is 0.967 bits per heavy atom. The van der Waals surface area contributed by atoms with Crippen LogP contribution in [-0.4, -0.2) is 32.5 Å². The van der Waals surface area contributed by atoms with Crippen molar-refractivity contribution >= 4 is 27.4 Å². The summed E-state index contributed by atoms with van der Waals surface area (Å²) >= 11 is 0. The molecule has 0 bridgehead atoms. The lowest BCUT2D eigenvalue weighted by molar-refractivity contribution is 0.102. The van der Waals surface area contributed by atoms with E-state index < -0.39 is 10.0 Å². The zero-order valence-electron chi connectivity index (χ0n) is 16.1. The summed E-state index contributed by atoms with van der Waals surface area (Å²) in [6, 6.07) is 14.1. The van der Waals surface area contributed by atoms with E-state index in [9.17, 15) is 13.2 Å². The molecule has 8 nitrogen and oxygen atoms in total. The summed E-state index contributed by atoms with van der Waals surface area (Å²) in [6.45, 7) is 2.70. The van der Waals surface area contributed by atoms with Crippen molar-refractivity contribution in [2.75, 3.05) is 23.3 Å². The van der Waals surface area contributed by atoms with Crippen molar-refractivity contribution in [2.24, 2.45) is 0 Å². The third-order valence-corrected chi connectivity index (χ3v) is 5.76. The highest BCUT2D eigenvalue weighted by Gasteiger charge is 2.19. The maximum atomic E-state index is 12.7. The van der Waals surface area contributed by atoms with E-state index in [1.54, 1.807) is 18.3 Å². The molecule has 4 rings (SSSR count). The SMILES string of the molecule is Cc1ccnc(NC(=O)c2ccc(NS(=O)(=O)c3ccc4c(c3)OCCO4)cc2)c1. The van der Waals surface area contributed by atoms with E-state index in [0.29, 0.717) is 41.8 Å². The Kier molecular flexibility index (Phi) is 5.28. The van der Waals surface area contributed by atoms with Crippen LogP contribution >= 0.6 is 0 Å². The number of carbonyl (C=O) groups is 1. The summed E-state index contributed by atoms with van der Waals surface area (Å²) in [6.07, 6.45) is 1.61. The molecule has 0 fully saturated rings. The van der Waals surface area contributed by atoms with Gasteiger partial charge in [-0.15, -0.1) is 0 Å². The van der Waals surface area contributed by atoms with Gasteiger partial charge in [0, 0.05) is 23.5 Å². The van der Waals surface area contributed by atoms with Crippen molar-refractivity contribution in [1.29, 1.82) is 0 Å². The molecule has 0 aliphatic carbocycles. The van der Waals surface area contributed by atoms with Gasteiger partial charge in [0.2, 0.25) is 0 Å². The van der Waals surface area contributed by atoms with Crippen LogP contribution in [0.4, 0.5) is 11.5 Å². The Hall–Kier alpha value is -3.59. The molecule has 1 aliphatic rings. The van der Waals surface area contributed by atoms with E-state index in [0.717, 1.165) is 5.56 Å². The quantitative estimate of drug-likeness (QED) is 0.650. The number of amides is 1. The zero-order valence-corrected chi connectivity index (χ0v) is 16.9. The minimum atomic E-state index is -3.83. The molecule has 0 unspecified atom stereocenters. The maximum Gasteiger partial charge on any atom is 0.262 e. The van der Waals surface area contributed by atoms with Gasteiger partial charge in [-0.2, -0.15) is 0 Å². The van der Waals surface area contributed by atoms with Gasteiger partial charge in [0.1, 0.15) is 19.0 Å². The number of benzene rings is 2. The van der Waals surface area contributed by atoms with E-state index >= 15 is 0 Å². The lowest BCUT2D eigenvalue weighted by Gasteiger charge is -2.19. The molecule has 0 spiro atoms. The minimum Gasteiger partial charge on any atom is -0.486 e. The Balaban J connectivity index is 1.47. The highest BCUT2D eigenvalue weighted by atomic mass is 32.2. The number of anilines is 2. The van der Waals surface area contributed by atoms with Gasteiger partial charge < -0.3 is 14.8 Å². The average Bonchev–Trinajstić information content (AvgIpc) is 2.73. The van der Waals surface area contributed by atoms with Gasteiger partial charge in [-0.05, 0) is 61.0 Å². The minimum absolute atomic E-state index is 0.0547. The van der Waals surface area contributed by atoms with Crippen molar-refractivity contribution in [3.63, 3.8) is 0 Å². The zero-order chi connectivity index (χ0) is 21.1. The van der Waals surface area contributed by atoms with Crippen molar-refractivity contribution in [2.45, 2.75) is 11.8 Å². The Labute approximate surface area is 173 Å². The van der Waals surface area contributed by atoms with Gasteiger partial charge in [0.15, 0.2) is 11.5 Å². The predicted molar refractivity (Wildman–Crippen MR) is 112 cm³/mol. The summed E-state index contributed by atoms with van der Waals surface area (Å²) in [4.78, 5) is 16.5. The number of pyridine rings is 1. The molecule has 1 aromatic heterocycles. The largest absolute Gasteiger partial charge is 0.486 e. The molecule has 2 heterocycles. The number of aryl methyl sites for hydroxylation is 1. The average molecular weight is 425 g/mol. The van der Waals surface area contributed by atoms with Gasteiger partial charge in [-0.3, -0.25) is 9.52 Å². The van der Waals surface area contributed by atoms with E-state index in [4.69, 9.17) is 9.47 Å². The van der Waals surface area contributed by atoms with Crippen LogP contribution in [0.25, 0.3) is 0 Å². The Bertz CT molecular complexity index is 1190. The predicted octanol–water partition coefficient (Wildman–Crippen LogP) is 3.21. The van der Waals surface area contributed by atoms with Crippen LogP contribution in [0.15, 0.2) is 65.7 Å². The number of fused-ring (bicyclic) bond motifs is 1. The number of nitrogens with one attached hydrogen (secondary N) is 2. The number of hydrogen-bond donors (Lipinski definition) is 2. The second kappa shape index (κ2) is 8.03. The van der Waals surface area contributed by atoms with Crippen molar-refractivity contribution < 1.29 is 22.7 Å². The number of carbonyl (C=O) groups excluding carboxylic acids is 1. The van der Waals surface area contributed by atoms with Crippen molar-refractivity contribution in [3.05, 3.63) is 71.9 Å². The molecular formula is C21H19N3O5S. The molecule has 2 aromatic carbocycles. The van der Waals surface area contributed by atoms with Crippen LogP contribution in [0.1, 0.15) is 15.9 Å². The van der Waals surface area contributed by atoms with Crippen LogP contribution < -0.4 is 19.5 Å². The van der Waals surface area contributed by atoms with Crippen LogP contribution in [0, 0.1) is 6.92 Å².